The number of carbonyl (C=O) groups excluding carboxylic acids is 2. The monoisotopic (exact) mass is 387 g/mol. The second-order valence-electron chi connectivity index (χ2n) is 6.95. The standard InChI is InChI=1S/C21H25N3O2.ClH/c1-14-12-16(21(26)23-18-4-2-3-5-18)8-11-19(14)24-20(25)13-15-6-9-17(22)10-7-15;/h6-12,18H,2-5,13,22H2,1H3,(H,23,26)(H,24,25);1H. The smallest absolute Gasteiger partial charge is 0.251 e. The molecule has 2 aromatic rings. The maximum Gasteiger partial charge on any atom is 0.251 e. The number of hydrogen-bond donors (Lipinski definition) is 3. The van der Waals surface area contributed by atoms with Gasteiger partial charge in [0.2, 0.25) is 5.91 Å². The lowest BCUT2D eigenvalue weighted by Crippen LogP contribution is -2.32. The number of hydrogen-bond acceptors (Lipinski definition) is 3. The predicted molar refractivity (Wildman–Crippen MR) is 111 cm³/mol. The Labute approximate surface area is 166 Å². The SMILES string of the molecule is Cc1cc(C(=O)NC2CCCC2)ccc1NC(=O)Cc1ccc(N)cc1.Cl. The Balaban J connectivity index is 0.00000261. The molecule has 0 radical (unpaired) electrons. The first-order chi connectivity index (χ1) is 12.5. The lowest BCUT2D eigenvalue weighted by Gasteiger charge is -2.14. The molecular weight excluding hydrogens is 362 g/mol. The van der Waals surface area contributed by atoms with Gasteiger partial charge in [0.15, 0.2) is 0 Å². The van der Waals surface area contributed by atoms with Crippen LogP contribution < -0.4 is 16.4 Å². The van der Waals surface area contributed by atoms with Crippen molar-refractivity contribution in [2.45, 2.75) is 45.1 Å². The molecule has 1 aliphatic rings. The van der Waals surface area contributed by atoms with Crippen molar-refractivity contribution in [3.05, 3.63) is 59.2 Å². The summed E-state index contributed by atoms with van der Waals surface area (Å²) in [5.41, 5.74) is 9.46. The fourth-order valence-corrected chi connectivity index (χ4v) is 3.30. The summed E-state index contributed by atoms with van der Waals surface area (Å²) in [6, 6.07) is 12.9. The van der Waals surface area contributed by atoms with Gasteiger partial charge in [-0.05, 0) is 61.2 Å². The number of amides is 2. The lowest BCUT2D eigenvalue weighted by atomic mass is 10.1. The van der Waals surface area contributed by atoms with E-state index in [-0.39, 0.29) is 30.6 Å². The summed E-state index contributed by atoms with van der Waals surface area (Å²) in [7, 11) is 0. The van der Waals surface area contributed by atoms with Crippen LogP contribution >= 0.6 is 12.4 Å². The molecule has 27 heavy (non-hydrogen) atoms. The molecule has 0 heterocycles. The summed E-state index contributed by atoms with van der Waals surface area (Å²) in [6.45, 7) is 1.89. The fraction of sp³-hybridized carbons (Fsp3) is 0.333. The quantitative estimate of drug-likeness (QED) is 0.681. The Hall–Kier alpha value is -2.53. The van der Waals surface area contributed by atoms with Gasteiger partial charge in [-0.2, -0.15) is 0 Å². The van der Waals surface area contributed by atoms with E-state index in [1.807, 2.05) is 25.1 Å². The zero-order valence-corrected chi connectivity index (χ0v) is 16.3. The number of rotatable bonds is 5. The molecule has 4 N–H and O–H groups in total. The van der Waals surface area contributed by atoms with Crippen LogP contribution in [0, 0.1) is 6.92 Å². The summed E-state index contributed by atoms with van der Waals surface area (Å²) in [6.07, 6.45) is 4.77. The van der Waals surface area contributed by atoms with Gasteiger partial charge in [-0.1, -0.05) is 25.0 Å². The molecule has 0 saturated heterocycles. The molecule has 6 heteroatoms. The summed E-state index contributed by atoms with van der Waals surface area (Å²) in [5.74, 6) is -0.138. The number of halogens is 1. The minimum atomic E-state index is -0.0963. The Morgan fingerprint density at radius 2 is 1.74 bits per heavy atom. The number of benzene rings is 2. The van der Waals surface area contributed by atoms with E-state index in [0.717, 1.165) is 29.7 Å². The normalized spacial score (nSPS) is 13.7. The molecule has 0 spiro atoms. The third-order valence-corrected chi connectivity index (χ3v) is 4.80. The summed E-state index contributed by atoms with van der Waals surface area (Å²) < 4.78 is 0. The number of aryl methyl sites for hydroxylation is 1. The van der Waals surface area contributed by atoms with Crippen LogP contribution in [0.15, 0.2) is 42.5 Å². The first-order valence-corrected chi connectivity index (χ1v) is 9.07. The van der Waals surface area contributed by atoms with E-state index in [1.54, 1.807) is 24.3 Å². The van der Waals surface area contributed by atoms with Crippen LogP contribution in [0.25, 0.3) is 0 Å². The van der Waals surface area contributed by atoms with E-state index in [0.29, 0.717) is 17.3 Å². The van der Waals surface area contributed by atoms with E-state index in [2.05, 4.69) is 10.6 Å². The van der Waals surface area contributed by atoms with Gasteiger partial charge >= 0.3 is 0 Å². The molecule has 1 aliphatic carbocycles. The number of carbonyl (C=O) groups is 2. The third kappa shape index (κ3) is 5.73. The minimum Gasteiger partial charge on any atom is -0.399 e. The van der Waals surface area contributed by atoms with Gasteiger partial charge in [-0.15, -0.1) is 12.4 Å². The van der Waals surface area contributed by atoms with Crippen molar-refractivity contribution in [2.75, 3.05) is 11.1 Å². The first-order valence-electron chi connectivity index (χ1n) is 9.07. The highest BCUT2D eigenvalue weighted by Crippen LogP contribution is 2.20. The molecule has 0 aliphatic heterocycles. The van der Waals surface area contributed by atoms with Crippen LogP contribution in [0.3, 0.4) is 0 Å². The van der Waals surface area contributed by atoms with Gasteiger partial charge in [0.1, 0.15) is 0 Å². The average Bonchev–Trinajstić information content (AvgIpc) is 3.11. The fourth-order valence-electron chi connectivity index (χ4n) is 3.30. The predicted octanol–water partition coefficient (Wildman–Crippen LogP) is 3.85. The third-order valence-electron chi connectivity index (χ3n) is 4.80. The van der Waals surface area contributed by atoms with E-state index >= 15 is 0 Å². The second-order valence-corrected chi connectivity index (χ2v) is 6.95. The van der Waals surface area contributed by atoms with Crippen LogP contribution in [0.2, 0.25) is 0 Å². The van der Waals surface area contributed by atoms with Crippen molar-refractivity contribution in [3.8, 4) is 0 Å². The van der Waals surface area contributed by atoms with Gasteiger partial charge in [0.05, 0.1) is 6.42 Å². The van der Waals surface area contributed by atoms with Gasteiger partial charge in [0.25, 0.3) is 5.91 Å². The average molecular weight is 388 g/mol. The number of anilines is 2. The maximum absolute atomic E-state index is 12.3. The first kappa shape index (κ1) is 20.8. The van der Waals surface area contributed by atoms with Crippen molar-refractivity contribution < 1.29 is 9.59 Å². The highest BCUT2D eigenvalue weighted by Gasteiger charge is 2.18. The molecule has 3 rings (SSSR count). The molecule has 144 valence electrons. The maximum atomic E-state index is 12.3. The minimum absolute atomic E-state index is 0. The highest BCUT2D eigenvalue weighted by atomic mass is 35.5. The van der Waals surface area contributed by atoms with Crippen LogP contribution in [0.1, 0.15) is 47.2 Å². The van der Waals surface area contributed by atoms with Gasteiger partial charge in [-0.25, -0.2) is 0 Å². The number of nitrogens with two attached hydrogens (primary N) is 1. The molecule has 0 atom stereocenters. The van der Waals surface area contributed by atoms with Crippen LogP contribution in [-0.2, 0) is 11.2 Å². The second kappa shape index (κ2) is 9.42. The molecular formula is C21H26ClN3O2. The van der Waals surface area contributed by atoms with E-state index in [4.69, 9.17) is 5.73 Å². The van der Waals surface area contributed by atoms with Crippen LogP contribution in [0.4, 0.5) is 11.4 Å². The zero-order chi connectivity index (χ0) is 18.5. The Morgan fingerprint density at radius 3 is 2.37 bits per heavy atom. The summed E-state index contributed by atoms with van der Waals surface area (Å²) in [5, 5.41) is 5.99. The van der Waals surface area contributed by atoms with E-state index < -0.39 is 0 Å². The van der Waals surface area contributed by atoms with Crippen molar-refractivity contribution in [2.24, 2.45) is 0 Å². The largest absolute Gasteiger partial charge is 0.399 e. The van der Waals surface area contributed by atoms with Crippen molar-refractivity contribution in [1.29, 1.82) is 0 Å². The summed E-state index contributed by atoms with van der Waals surface area (Å²) >= 11 is 0. The van der Waals surface area contributed by atoms with E-state index in [1.165, 1.54) is 12.8 Å². The molecule has 0 unspecified atom stereocenters. The van der Waals surface area contributed by atoms with Crippen molar-refractivity contribution >= 4 is 35.6 Å². The van der Waals surface area contributed by atoms with Crippen molar-refractivity contribution in [1.82, 2.24) is 5.32 Å². The molecule has 1 saturated carbocycles. The van der Waals surface area contributed by atoms with Gasteiger partial charge in [0, 0.05) is 23.0 Å². The lowest BCUT2D eigenvalue weighted by molar-refractivity contribution is -0.115. The number of nitrogen functional groups attached to an aromatic ring is 1. The van der Waals surface area contributed by atoms with E-state index in [9.17, 15) is 9.59 Å². The van der Waals surface area contributed by atoms with Gasteiger partial charge < -0.3 is 16.4 Å². The molecule has 5 nitrogen and oxygen atoms in total. The molecule has 1 fully saturated rings. The van der Waals surface area contributed by atoms with Crippen LogP contribution in [-0.4, -0.2) is 17.9 Å². The molecule has 0 aromatic heterocycles. The Morgan fingerprint density at radius 1 is 1.07 bits per heavy atom. The number of nitrogens with one attached hydrogen (secondary N) is 2. The molecule has 2 amide bonds. The molecule has 2 aromatic carbocycles. The topological polar surface area (TPSA) is 84.2 Å². The Bertz CT molecular complexity index is 800. The van der Waals surface area contributed by atoms with Crippen LogP contribution in [0.5, 0.6) is 0 Å². The van der Waals surface area contributed by atoms with Crippen molar-refractivity contribution in [3.63, 3.8) is 0 Å². The molecule has 0 bridgehead atoms. The zero-order valence-electron chi connectivity index (χ0n) is 15.5. The Kier molecular flexibility index (Phi) is 7.25. The highest BCUT2D eigenvalue weighted by molar-refractivity contribution is 5.97. The summed E-state index contributed by atoms with van der Waals surface area (Å²) in [4.78, 5) is 24.6. The van der Waals surface area contributed by atoms with Gasteiger partial charge in [-0.3, -0.25) is 9.59 Å².